The van der Waals surface area contributed by atoms with Crippen LogP contribution in [0.5, 0.6) is 0 Å². The van der Waals surface area contributed by atoms with Gasteiger partial charge in [0.05, 0.1) is 35.4 Å². The first-order valence-electron chi connectivity index (χ1n) is 9.95. The third-order valence-corrected chi connectivity index (χ3v) is 4.36. The van der Waals surface area contributed by atoms with Crippen LogP contribution in [0.15, 0.2) is 35.0 Å². The lowest BCUT2D eigenvalue weighted by Crippen LogP contribution is -2.18. The standard InChI is InChI=1S/C21H20FN7O4/c1-10(2)32-21(31)26-14-8-23-20-27-18(28-29(20)9-14)15-7-13(5-6-16(15)22)25-19(30)17-11(3)24-12(4)33-17/h5-10H,1-4H3,(H,25,30)(H,26,31). The second kappa shape index (κ2) is 8.65. The molecule has 0 saturated heterocycles. The van der Waals surface area contributed by atoms with E-state index >= 15 is 0 Å². The molecule has 2 amide bonds. The van der Waals surface area contributed by atoms with E-state index in [4.69, 9.17) is 9.15 Å². The van der Waals surface area contributed by atoms with Crippen LogP contribution in [0.4, 0.5) is 20.6 Å². The van der Waals surface area contributed by atoms with Gasteiger partial charge in [0.1, 0.15) is 5.82 Å². The Bertz CT molecular complexity index is 1360. The molecule has 0 atom stereocenters. The predicted octanol–water partition coefficient (Wildman–Crippen LogP) is 3.74. The van der Waals surface area contributed by atoms with Gasteiger partial charge in [-0.3, -0.25) is 10.1 Å². The Morgan fingerprint density at radius 1 is 1.15 bits per heavy atom. The maximum atomic E-state index is 14.6. The summed E-state index contributed by atoms with van der Waals surface area (Å²) >= 11 is 0. The lowest BCUT2D eigenvalue weighted by molar-refractivity contribution is 0.0994. The zero-order valence-electron chi connectivity index (χ0n) is 18.2. The zero-order valence-corrected chi connectivity index (χ0v) is 18.2. The van der Waals surface area contributed by atoms with Gasteiger partial charge in [0.2, 0.25) is 5.76 Å². The monoisotopic (exact) mass is 453 g/mol. The van der Waals surface area contributed by atoms with E-state index in [2.05, 4.69) is 30.7 Å². The molecule has 11 nitrogen and oxygen atoms in total. The van der Waals surface area contributed by atoms with E-state index in [0.717, 1.165) is 0 Å². The third kappa shape index (κ3) is 4.79. The van der Waals surface area contributed by atoms with Crippen molar-refractivity contribution < 1.29 is 23.1 Å². The summed E-state index contributed by atoms with van der Waals surface area (Å²) < 4.78 is 26.2. The van der Waals surface area contributed by atoms with Gasteiger partial charge in [0.15, 0.2) is 11.7 Å². The van der Waals surface area contributed by atoms with Crippen LogP contribution < -0.4 is 10.6 Å². The SMILES string of the molecule is Cc1nc(C)c(C(=O)Nc2ccc(F)c(-c3nc4ncc(NC(=O)OC(C)C)cn4n3)c2)o1. The molecular formula is C21H20FN7O4. The number of amides is 2. The first-order chi connectivity index (χ1) is 15.7. The van der Waals surface area contributed by atoms with E-state index in [9.17, 15) is 14.0 Å². The molecule has 0 spiro atoms. The van der Waals surface area contributed by atoms with Crippen LogP contribution in [-0.2, 0) is 4.74 Å². The van der Waals surface area contributed by atoms with E-state index in [-0.39, 0.29) is 29.0 Å². The van der Waals surface area contributed by atoms with E-state index in [1.54, 1.807) is 27.7 Å². The van der Waals surface area contributed by atoms with Crippen molar-refractivity contribution in [3.63, 3.8) is 0 Å². The van der Waals surface area contributed by atoms with Crippen LogP contribution >= 0.6 is 0 Å². The topological polar surface area (TPSA) is 137 Å². The number of ether oxygens (including phenoxy) is 1. The summed E-state index contributed by atoms with van der Waals surface area (Å²) in [5, 5.41) is 9.42. The van der Waals surface area contributed by atoms with Crippen molar-refractivity contribution in [2.75, 3.05) is 10.6 Å². The lowest BCUT2D eigenvalue weighted by atomic mass is 10.1. The number of anilines is 2. The summed E-state index contributed by atoms with van der Waals surface area (Å²) in [4.78, 5) is 36.7. The molecule has 33 heavy (non-hydrogen) atoms. The average molecular weight is 453 g/mol. The molecule has 1 aromatic carbocycles. The Hall–Kier alpha value is -4.35. The number of aryl methyl sites for hydroxylation is 2. The van der Waals surface area contributed by atoms with E-state index in [1.807, 2.05) is 0 Å². The van der Waals surface area contributed by atoms with Crippen molar-refractivity contribution in [3.05, 3.63) is 53.8 Å². The lowest BCUT2D eigenvalue weighted by Gasteiger charge is -2.08. The number of oxazole rings is 1. The predicted molar refractivity (Wildman–Crippen MR) is 115 cm³/mol. The van der Waals surface area contributed by atoms with Crippen molar-refractivity contribution >= 4 is 29.2 Å². The summed E-state index contributed by atoms with van der Waals surface area (Å²) in [7, 11) is 0. The highest BCUT2D eigenvalue weighted by Crippen LogP contribution is 2.25. The number of carbonyl (C=O) groups is 2. The first-order valence-corrected chi connectivity index (χ1v) is 9.95. The van der Waals surface area contributed by atoms with Crippen LogP contribution in [0.25, 0.3) is 17.2 Å². The number of hydrogen-bond acceptors (Lipinski definition) is 8. The molecule has 12 heteroatoms. The Morgan fingerprint density at radius 2 is 1.94 bits per heavy atom. The van der Waals surface area contributed by atoms with Crippen molar-refractivity contribution in [2.24, 2.45) is 0 Å². The van der Waals surface area contributed by atoms with Crippen LogP contribution in [0.1, 0.15) is 36.0 Å². The first kappa shape index (κ1) is 21.9. The van der Waals surface area contributed by atoms with Gasteiger partial charge in [-0.05, 0) is 39.0 Å². The molecule has 0 radical (unpaired) electrons. The van der Waals surface area contributed by atoms with E-state index in [0.29, 0.717) is 23.0 Å². The highest BCUT2D eigenvalue weighted by molar-refractivity contribution is 6.03. The molecule has 170 valence electrons. The summed E-state index contributed by atoms with van der Waals surface area (Å²) in [6, 6.07) is 4.00. The van der Waals surface area contributed by atoms with E-state index in [1.165, 1.54) is 35.1 Å². The summed E-state index contributed by atoms with van der Waals surface area (Å²) in [6.07, 6.45) is 1.92. The smallest absolute Gasteiger partial charge is 0.411 e. The molecule has 0 saturated carbocycles. The van der Waals surface area contributed by atoms with Gasteiger partial charge in [-0.25, -0.2) is 23.7 Å². The molecule has 3 heterocycles. The van der Waals surface area contributed by atoms with E-state index < -0.39 is 17.8 Å². The molecule has 0 aliphatic heterocycles. The Labute approximate surface area is 187 Å². The third-order valence-electron chi connectivity index (χ3n) is 4.36. The Balaban J connectivity index is 1.59. The summed E-state index contributed by atoms with van der Waals surface area (Å²) in [5.41, 5.74) is 1.14. The molecule has 0 aliphatic rings. The van der Waals surface area contributed by atoms with Crippen molar-refractivity contribution in [1.29, 1.82) is 0 Å². The normalized spacial score (nSPS) is 11.1. The quantitative estimate of drug-likeness (QED) is 0.466. The number of nitrogens with one attached hydrogen (secondary N) is 2. The molecule has 4 aromatic rings. The molecule has 0 bridgehead atoms. The van der Waals surface area contributed by atoms with Crippen LogP contribution in [-0.4, -0.2) is 42.7 Å². The van der Waals surface area contributed by atoms with Gasteiger partial charge in [-0.1, -0.05) is 0 Å². The number of carbonyl (C=O) groups excluding carboxylic acids is 2. The second-order valence-corrected chi connectivity index (χ2v) is 7.40. The highest BCUT2D eigenvalue weighted by atomic mass is 19.1. The number of nitrogens with zero attached hydrogens (tertiary/aromatic N) is 5. The van der Waals surface area contributed by atoms with Gasteiger partial charge < -0.3 is 14.5 Å². The zero-order chi connectivity index (χ0) is 23.7. The Morgan fingerprint density at radius 3 is 2.64 bits per heavy atom. The maximum Gasteiger partial charge on any atom is 0.411 e. The van der Waals surface area contributed by atoms with Gasteiger partial charge in [0.25, 0.3) is 11.7 Å². The minimum atomic E-state index is -0.641. The fourth-order valence-corrected chi connectivity index (χ4v) is 3.03. The van der Waals surface area contributed by atoms with Gasteiger partial charge in [0, 0.05) is 12.6 Å². The molecular weight excluding hydrogens is 433 g/mol. The largest absolute Gasteiger partial charge is 0.447 e. The number of aromatic nitrogens is 5. The number of rotatable bonds is 5. The molecule has 2 N–H and O–H groups in total. The van der Waals surface area contributed by atoms with Crippen LogP contribution in [0.3, 0.4) is 0 Å². The molecule has 4 rings (SSSR count). The second-order valence-electron chi connectivity index (χ2n) is 7.40. The number of fused-ring (bicyclic) bond motifs is 1. The summed E-state index contributed by atoms with van der Waals surface area (Å²) in [6.45, 7) is 6.74. The Kier molecular flexibility index (Phi) is 5.73. The number of benzene rings is 1. The van der Waals surface area contributed by atoms with Crippen molar-refractivity contribution in [2.45, 2.75) is 33.8 Å². The number of halogens is 1. The molecule has 3 aromatic heterocycles. The summed E-state index contributed by atoms with van der Waals surface area (Å²) in [5.74, 6) is -0.428. The highest BCUT2D eigenvalue weighted by Gasteiger charge is 2.18. The minimum Gasteiger partial charge on any atom is -0.447 e. The maximum absolute atomic E-state index is 14.6. The number of hydrogen-bond donors (Lipinski definition) is 2. The average Bonchev–Trinajstić information content (AvgIpc) is 3.30. The van der Waals surface area contributed by atoms with Crippen molar-refractivity contribution in [1.82, 2.24) is 24.6 Å². The van der Waals surface area contributed by atoms with Crippen LogP contribution in [0.2, 0.25) is 0 Å². The molecule has 0 unspecified atom stereocenters. The van der Waals surface area contributed by atoms with Crippen molar-refractivity contribution in [3.8, 4) is 11.4 Å². The van der Waals surface area contributed by atoms with Gasteiger partial charge in [-0.15, -0.1) is 5.10 Å². The van der Waals surface area contributed by atoms with Gasteiger partial charge in [-0.2, -0.15) is 4.98 Å². The fourth-order valence-electron chi connectivity index (χ4n) is 3.03. The molecule has 0 fully saturated rings. The minimum absolute atomic E-state index is 0.0460. The van der Waals surface area contributed by atoms with Gasteiger partial charge >= 0.3 is 6.09 Å². The fraction of sp³-hybridized carbons (Fsp3) is 0.238. The van der Waals surface area contributed by atoms with Crippen LogP contribution in [0, 0.1) is 19.7 Å². The molecule has 0 aliphatic carbocycles.